The number of urea groups is 1. The van der Waals surface area contributed by atoms with Gasteiger partial charge in [0.05, 0.1) is 6.54 Å². The van der Waals surface area contributed by atoms with E-state index in [0.29, 0.717) is 6.54 Å². The molecule has 0 saturated heterocycles. The van der Waals surface area contributed by atoms with Gasteiger partial charge in [-0.1, -0.05) is 30.7 Å². The van der Waals surface area contributed by atoms with Crippen LogP contribution >= 0.6 is 11.6 Å². The number of aromatic nitrogens is 1. The molecule has 0 spiro atoms. The Labute approximate surface area is 136 Å². The third kappa shape index (κ3) is 4.81. The number of hydrogen-bond acceptors (Lipinski definition) is 1. The summed E-state index contributed by atoms with van der Waals surface area (Å²) < 4.78 is 2.12. The van der Waals surface area contributed by atoms with E-state index in [-0.39, 0.29) is 12.1 Å². The molecule has 5 heteroatoms. The molecular weight excluding hydrogens is 298 g/mol. The number of benzene rings is 1. The van der Waals surface area contributed by atoms with Gasteiger partial charge in [0.15, 0.2) is 0 Å². The van der Waals surface area contributed by atoms with E-state index in [2.05, 4.69) is 15.2 Å². The number of hydrogen-bond donors (Lipinski definition) is 2. The van der Waals surface area contributed by atoms with Crippen molar-refractivity contribution in [1.29, 1.82) is 0 Å². The van der Waals surface area contributed by atoms with Crippen molar-refractivity contribution in [3.63, 3.8) is 0 Å². The summed E-state index contributed by atoms with van der Waals surface area (Å²) in [5, 5.41) is 6.52. The molecule has 1 unspecified atom stereocenters. The van der Waals surface area contributed by atoms with E-state index in [9.17, 15) is 4.79 Å². The molecule has 0 bridgehead atoms. The predicted molar refractivity (Wildman–Crippen MR) is 90.1 cm³/mol. The highest BCUT2D eigenvalue weighted by Gasteiger charge is 2.07. The molecule has 2 aromatic rings. The minimum Gasteiger partial charge on any atom is -0.345 e. The van der Waals surface area contributed by atoms with Gasteiger partial charge in [0.25, 0.3) is 0 Å². The fraction of sp³-hybridized carbons (Fsp3) is 0.353. The van der Waals surface area contributed by atoms with Crippen LogP contribution in [0.4, 0.5) is 4.79 Å². The number of carbonyl (C=O) groups is 1. The lowest BCUT2D eigenvalue weighted by atomic mass is 10.2. The lowest BCUT2D eigenvalue weighted by Gasteiger charge is -2.14. The zero-order valence-corrected chi connectivity index (χ0v) is 13.7. The molecular formula is C17H22ClN3O. The van der Waals surface area contributed by atoms with Crippen molar-refractivity contribution in [2.24, 2.45) is 0 Å². The van der Waals surface area contributed by atoms with Crippen molar-refractivity contribution in [3.8, 4) is 0 Å². The van der Waals surface area contributed by atoms with Gasteiger partial charge in [0.2, 0.25) is 0 Å². The van der Waals surface area contributed by atoms with Gasteiger partial charge < -0.3 is 15.2 Å². The van der Waals surface area contributed by atoms with Crippen LogP contribution in [0.15, 0.2) is 42.6 Å². The van der Waals surface area contributed by atoms with Gasteiger partial charge in [0.1, 0.15) is 0 Å². The molecule has 118 valence electrons. The fourth-order valence-corrected chi connectivity index (χ4v) is 2.22. The van der Waals surface area contributed by atoms with E-state index in [1.54, 1.807) is 0 Å². The molecule has 0 radical (unpaired) electrons. The monoisotopic (exact) mass is 319 g/mol. The highest BCUT2D eigenvalue weighted by molar-refractivity contribution is 6.30. The molecule has 0 aliphatic carbocycles. The molecule has 1 atom stereocenters. The largest absolute Gasteiger partial charge is 0.345 e. The Morgan fingerprint density at radius 3 is 2.68 bits per heavy atom. The van der Waals surface area contributed by atoms with E-state index < -0.39 is 0 Å². The van der Waals surface area contributed by atoms with E-state index in [1.807, 2.05) is 56.4 Å². The second kappa shape index (κ2) is 7.90. The van der Waals surface area contributed by atoms with Gasteiger partial charge >= 0.3 is 6.03 Å². The SMILES string of the molecule is CCC(C)NC(=O)NCc1cccn1Cc1ccc(Cl)cc1. The van der Waals surface area contributed by atoms with Crippen LogP contribution in [0.25, 0.3) is 0 Å². The molecule has 0 fully saturated rings. The van der Waals surface area contributed by atoms with Crippen LogP contribution in [-0.2, 0) is 13.1 Å². The second-order valence-corrected chi connectivity index (χ2v) is 5.83. The van der Waals surface area contributed by atoms with E-state index in [4.69, 9.17) is 11.6 Å². The highest BCUT2D eigenvalue weighted by atomic mass is 35.5. The summed E-state index contributed by atoms with van der Waals surface area (Å²) in [5.41, 5.74) is 2.24. The minimum atomic E-state index is -0.131. The number of nitrogens with zero attached hydrogens (tertiary/aromatic N) is 1. The lowest BCUT2D eigenvalue weighted by molar-refractivity contribution is 0.237. The molecule has 22 heavy (non-hydrogen) atoms. The molecule has 2 rings (SSSR count). The summed E-state index contributed by atoms with van der Waals surface area (Å²) in [4.78, 5) is 11.8. The first kappa shape index (κ1) is 16.4. The molecule has 2 amide bonds. The zero-order chi connectivity index (χ0) is 15.9. The third-order valence-corrected chi connectivity index (χ3v) is 3.86. The molecule has 0 aliphatic rings. The average Bonchev–Trinajstić information content (AvgIpc) is 2.94. The molecule has 0 aliphatic heterocycles. The Morgan fingerprint density at radius 1 is 1.27 bits per heavy atom. The summed E-state index contributed by atoms with van der Waals surface area (Å²) in [5.74, 6) is 0. The van der Waals surface area contributed by atoms with Crippen molar-refractivity contribution < 1.29 is 4.79 Å². The van der Waals surface area contributed by atoms with Crippen LogP contribution in [0.2, 0.25) is 5.02 Å². The Morgan fingerprint density at radius 2 is 2.00 bits per heavy atom. The molecule has 1 aromatic carbocycles. The summed E-state index contributed by atoms with van der Waals surface area (Å²) in [6.07, 6.45) is 2.93. The fourth-order valence-electron chi connectivity index (χ4n) is 2.10. The summed E-state index contributed by atoms with van der Waals surface area (Å²) in [6, 6.07) is 11.8. The maximum Gasteiger partial charge on any atom is 0.315 e. The van der Waals surface area contributed by atoms with Gasteiger partial charge in [-0.05, 0) is 43.2 Å². The molecule has 2 N–H and O–H groups in total. The van der Waals surface area contributed by atoms with Gasteiger partial charge in [-0.3, -0.25) is 0 Å². The Bertz CT molecular complexity index is 607. The number of amides is 2. The molecule has 1 heterocycles. The van der Waals surface area contributed by atoms with E-state index in [0.717, 1.165) is 23.7 Å². The maximum absolute atomic E-state index is 11.8. The van der Waals surface area contributed by atoms with Crippen molar-refractivity contribution in [2.75, 3.05) is 0 Å². The first-order chi connectivity index (χ1) is 10.6. The summed E-state index contributed by atoms with van der Waals surface area (Å²) >= 11 is 5.90. The number of halogens is 1. The van der Waals surface area contributed by atoms with Crippen molar-refractivity contribution in [3.05, 3.63) is 58.9 Å². The normalized spacial score (nSPS) is 12.0. The summed E-state index contributed by atoms with van der Waals surface area (Å²) in [6.45, 7) is 5.29. The van der Waals surface area contributed by atoms with Crippen LogP contribution in [0.1, 0.15) is 31.5 Å². The van der Waals surface area contributed by atoms with Crippen LogP contribution in [-0.4, -0.2) is 16.6 Å². The first-order valence-corrected chi connectivity index (χ1v) is 7.89. The van der Waals surface area contributed by atoms with E-state index >= 15 is 0 Å². The number of carbonyl (C=O) groups excluding carboxylic acids is 1. The molecule has 0 saturated carbocycles. The highest BCUT2D eigenvalue weighted by Crippen LogP contribution is 2.12. The molecule has 1 aromatic heterocycles. The Hall–Kier alpha value is -1.94. The lowest BCUT2D eigenvalue weighted by Crippen LogP contribution is -2.40. The first-order valence-electron chi connectivity index (χ1n) is 7.51. The number of rotatable bonds is 6. The topological polar surface area (TPSA) is 46.1 Å². The van der Waals surface area contributed by atoms with Crippen LogP contribution < -0.4 is 10.6 Å². The minimum absolute atomic E-state index is 0.131. The quantitative estimate of drug-likeness (QED) is 0.836. The summed E-state index contributed by atoms with van der Waals surface area (Å²) in [7, 11) is 0. The van der Waals surface area contributed by atoms with Gasteiger partial charge in [-0.15, -0.1) is 0 Å². The number of nitrogens with one attached hydrogen (secondary N) is 2. The van der Waals surface area contributed by atoms with Gasteiger partial charge in [0, 0.05) is 29.5 Å². The smallest absolute Gasteiger partial charge is 0.315 e. The Kier molecular flexibility index (Phi) is 5.90. The van der Waals surface area contributed by atoms with Crippen molar-refractivity contribution in [2.45, 2.75) is 39.4 Å². The maximum atomic E-state index is 11.8. The van der Waals surface area contributed by atoms with Crippen LogP contribution in [0.3, 0.4) is 0 Å². The average molecular weight is 320 g/mol. The van der Waals surface area contributed by atoms with Gasteiger partial charge in [-0.2, -0.15) is 0 Å². The predicted octanol–water partition coefficient (Wildman–Crippen LogP) is 3.79. The standard InChI is InChI=1S/C17H22ClN3O/c1-3-13(2)20-17(22)19-11-16-5-4-10-21(16)12-14-6-8-15(18)9-7-14/h4-10,13H,3,11-12H2,1-2H3,(H2,19,20,22). The van der Waals surface area contributed by atoms with Gasteiger partial charge in [-0.25, -0.2) is 4.79 Å². The van der Waals surface area contributed by atoms with Crippen LogP contribution in [0, 0.1) is 0 Å². The molecule has 4 nitrogen and oxygen atoms in total. The second-order valence-electron chi connectivity index (χ2n) is 5.39. The Balaban J connectivity index is 1.92. The van der Waals surface area contributed by atoms with Crippen molar-refractivity contribution in [1.82, 2.24) is 15.2 Å². The van der Waals surface area contributed by atoms with Crippen molar-refractivity contribution >= 4 is 17.6 Å². The van der Waals surface area contributed by atoms with Crippen LogP contribution in [0.5, 0.6) is 0 Å². The zero-order valence-electron chi connectivity index (χ0n) is 13.0. The third-order valence-electron chi connectivity index (χ3n) is 3.61. The van der Waals surface area contributed by atoms with E-state index in [1.165, 1.54) is 5.56 Å².